The van der Waals surface area contributed by atoms with Gasteiger partial charge in [-0.25, -0.2) is 0 Å². The summed E-state index contributed by atoms with van der Waals surface area (Å²) in [6.07, 6.45) is -0.552. The smallest absolute Gasteiger partial charge is 0.267 e. The van der Waals surface area contributed by atoms with Crippen LogP contribution in [0.15, 0.2) is 0 Å². The summed E-state index contributed by atoms with van der Waals surface area (Å²) in [7, 11) is -4.07. The summed E-state index contributed by atoms with van der Waals surface area (Å²) in [5.74, 6) is -0.0361. The summed E-state index contributed by atoms with van der Waals surface area (Å²) in [4.78, 5) is 0. The fourth-order valence-corrected chi connectivity index (χ4v) is 3.14. The van der Waals surface area contributed by atoms with E-state index in [0.29, 0.717) is 13.0 Å². The molecule has 1 fully saturated rings. The van der Waals surface area contributed by atoms with Crippen LogP contribution in [0.5, 0.6) is 0 Å². The molecule has 0 spiro atoms. The molecule has 0 saturated carbocycles. The number of aliphatic hydroxyl groups excluding tert-OH is 1. The Hall–Kier alpha value is -0.210. The Bertz CT molecular complexity index is 368. The number of hydrogen-bond donors (Lipinski definition) is 2. The van der Waals surface area contributed by atoms with Gasteiger partial charge in [-0.05, 0) is 18.3 Å². The number of hydrogen-bond acceptors (Lipinski definition) is 5. The first kappa shape index (κ1) is 16.8. The third kappa shape index (κ3) is 5.00. The van der Waals surface area contributed by atoms with E-state index >= 15 is 0 Å². The van der Waals surface area contributed by atoms with Gasteiger partial charge in [-0.15, -0.1) is 0 Å². The molecule has 2 N–H and O–H groups in total. The van der Waals surface area contributed by atoms with Gasteiger partial charge in [0.05, 0.1) is 12.7 Å². The van der Waals surface area contributed by atoms with Crippen LogP contribution in [0.1, 0.15) is 27.2 Å². The van der Waals surface area contributed by atoms with E-state index in [2.05, 4.69) is 0 Å². The minimum absolute atomic E-state index is 0.0228. The van der Waals surface area contributed by atoms with Gasteiger partial charge in [0.2, 0.25) is 0 Å². The molecule has 0 aliphatic carbocycles. The maximum Gasteiger partial charge on any atom is 0.267 e. The lowest BCUT2D eigenvalue weighted by Crippen LogP contribution is -2.48. The molecule has 0 amide bonds. The molecule has 0 aromatic rings. The zero-order valence-corrected chi connectivity index (χ0v) is 12.5. The van der Waals surface area contributed by atoms with Crippen molar-refractivity contribution in [2.45, 2.75) is 39.6 Å². The largest absolute Gasteiger partial charge is 0.396 e. The normalized spacial score (nSPS) is 36.4. The van der Waals surface area contributed by atoms with Crippen LogP contribution >= 0.6 is 0 Å². The second-order valence-electron chi connectivity index (χ2n) is 5.32. The molecule has 0 radical (unpaired) electrons. The van der Waals surface area contributed by atoms with Gasteiger partial charge in [-0.1, -0.05) is 20.8 Å². The first-order valence-electron chi connectivity index (χ1n) is 6.59. The van der Waals surface area contributed by atoms with E-state index in [1.54, 1.807) is 0 Å². The molecule has 0 aromatic heterocycles. The average Bonchev–Trinajstić information content (AvgIpc) is 2.30. The summed E-state index contributed by atoms with van der Waals surface area (Å²) in [5, 5.41) is 8.73. The van der Waals surface area contributed by atoms with E-state index in [1.165, 1.54) is 0 Å². The lowest BCUT2D eigenvalue weighted by molar-refractivity contribution is -0.243. The molecular weight excluding hydrogens is 272 g/mol. The molecule has 5 atom stereocenters. The SMILES string of the molecule is C[C@H]1[C@H](C)[C@@H](C)C(OCCCO)O[C@@H]1CS(=O)(=O)O. The number of aliphatic hydroxyl groups is 1. The zero-order chi connectivity index (χ0) is 14.6. The van der Waals surface area contributed by atoms with E-state index in [9.17, 15) is 8.42 Å². The van der Waals surface area contributed by atoms with Gasteiger partial charge in [0.15, 0.2) is 6.29 Å². The standard InChI is InChI=1S/C12H24O6S/c1-8-9(2)11(7-19(14,15)16)18-12(10(8)3)17-6-4-5-13/h8-13H,4-7H2,1-3H3,(H,14,15,16)/t8-,9-,10+,11+,12?/m0/s1. The Balaban J connectivity index is 2.68. The summed E-state index contributed by atoms with van der Waals surface area (Å²) in [6.45, 7) is 6.35. The molecule has 7 heteroatoms. The Morgan fingerprint density at radius 2 is 1.79 bits per heavy atom. The number of rotatable bonds is 6. The third-order valence-electron chi connectivity index (χ3n) is 3.94. The highest BCUT2D eigenvalue weighted by molar-refractivity contribution is 7.85. The van der Waals surface area contributed by atoms with Crippen molar-refractivity contribution >= 4 is 10.1 Å². The fourth-order valence-electron chi connectivity index (χ4n) is 2.34. The van der Waals surface area contributed by atoms with Gasteiger partial charge < -0.3 is 14.6 Å². The molecule has 1 aliphatic heterocycles. The Kier molecular flexibility index (Phi) is 6.19. The van der Waals surface area contributed by atoms with Crippen LogP contribution < -0.4 is 0 Å². The Morgan fingerprint density at radius 3 is 2.32 bits per heavy atom. The molecule has 19 heavy (non-hydrogen) atoms. The van der Waals surface area contributed by atoms with Crippen molar-refractivity contribution in [1.82, 2.24) is 0 Å². The topological polar surface area (TPSA) is 93.1 Å². The molecular formula is C12H24O6S. The maximum absolute atomic E-state index is 11.0. The quantitative estimate of drug-likeness (QED) is 0.559. The predicted molar refractivity (Wildman–Crippen MR) is 70.2 cm³/mol. The maximum atomic E-state index is 11.0. The Morgan fingerprint density at radius 1 is 1.16 bits per heavy atom. The summed E-state index contributed by atoms with van der Waals surface area (Å²) < 4.78 is 42.2. The molecule has 1 aliphatic rings. The van der Waals surface area contributed by atoms with E-state index in [1.807, 2.05) is 20.8 Å². The van der Waals surface area contributed by atoms with Crippen LogP contribution in [0, 0.1) is 17.8 Å². The first-order valence-corrected chi connectivity index (χ1v) is 8.20. The number of ether oxygens (including phenoxy) is 2. The summed E-state index contributed by atoms with van der Waals surface area (Å²) in [6, 6.07) is 0. The van der Waals surface area contributed by atoms with E-state index in [4.69, 9.17) is 19.1 Å². The highest BCUT2D eigenvalue weighted by Gasteiger charge is 2.41. The van der Waals surface area contributed by atoms with Gasteiger partial charge in [-0.3, -0.25) is 4.55 Å². The monoisotopic (exact) mass is 296 g/mol. The molecule has 1 heterocycles. The van der Waals surface area contributed by atoms with Crippen molar-refractivity contribution in [2.24, 2.45) is 17.8 Å². The van der Waals surface area contributed by atoms with Crippen LogP contribution in [0.2, 0.25) is 0 Å². The summed E-state index contributed by atoms with van der Waals surface area (Å²) in [5.41, 5.74) is 0. The van der Waals surface area contributed by atoms with Crippen LogP contribution in [-0.4, -0.2) is 49.4 Å². The first-order chi connectivity index (χ1) is 8.76. The lowest BCUT2D eigenvalue weighted by Gasteiger charge is -2.43. The zero-order valence-electron chi connectivity index (χ0n) is 11.7. The molecule has 114 valence electrons. The van der Waals surface area contributed by atoms with E-state index < -0.39 is 28.3 Å². The molecule has 0 aromatic carbocycles. The van der Waals surface area contributed by atoms with E-state index in [0.717, 1.165) is 0 Å². The van der Waals surface area contributed by atoms with Crippen LogP contribution in [0.25, 0.3) is 0 Å². The van der Waals surface area contributed by atoms with Crippen molar-refractivity contribution in [2.75, 3.05) is 19.0 Å². The van der Waals surface area contributed by atoms with Crippen molar-refractivity contribution < 1.29 is 27.6 Å². The van der Waals surface area contributed by atoms with Gasteiger partial charge in [0.25, 0.3) is 10.1 Å². The summed E-state index contributed by atoms with van der Waals surface area (Å²) >= 11 is 0. The minimum atomic E-state index is -4.07. The molecule has 0 bridgehead atoms. The molecule has 1 saturated heterocycles. The second kappa shape index (κ2) is 6.99. The fraction of sp³-hybridized carbons (Fsp3) is 1.00. The Labute approximate surface area is 114 Å². The van der Waals surface area contributed by atoms with Crippen molar-refractivity contribution in [3.63, 3.8) is 0 Å². The van der Waals surface area contributed by atoms with Gasteiger partial charge in [-0.2, -0.15) is 8.42 Å². The highest BCUT2D eigenvalue weighted by atomic mass is 32.2. The van der Waals surface area contributed by atoms with Crippen LogP contribution in [0.4, 0.5) is 0 Å². The third-order valence-corrected chi connectivity index (χ3v) is 4.69. The average molecular weight is 296 g/mol. The highest BCUT2D eigenvalue weighted by Crippen LogP contribution is 2.35. The van der Waals surface area contributed by atoms with Crippen LogP contribution in [0.3, 0.4) is 0 Å². The van der Waals surface area contributed by atoms with Crippen molar-refractivity contribution in [3.05, 3.63) is 0 Å². The molecule has 1 rings (SSSR count). The molecule has 1 unspecified atom stereocenters. The van der Waals surface area contributed by atoms with Gasteiger partial charge in [0.1, 0.15) is 5.75 Å². The van der Waals surface area contributed by atoms with Crippen molar-refractivity contribution in [1.29, 1.82) is 0 Å². The molecule has 6 nitrogen and oxygen atoms in total. The van der Waals surface area contributed by atoms with Gasteiger partial charge in [0, 0.05) is 12.5 Å². The van der Waals surface area contributed by atoms with E-state index in [-0.39, 0.29) is 24.4 Å². The lowest BCUT2D eigenvalue weighted by atomic mass is 9.79. The van der Waals surface area contributed by atoms with Gasteiger partial charge >= 0.3 is 0 Å². The second-order valence-corrected chi connectivity index (χ2v) is 6.81. The predicted octanol–water partition coefficient (Wildman–Crippen LogP) is 0.906. The van der Waals surface area contributed by atoms with Crippen molar-refractivity contribution in [3.8, 4) is 0 Å². The van der Waals surface area contributed by atoms with Crippen LogP contribution in [-0.2, 0) is 19.6 Å². The minimum Gasteiger partial charge on any atom is -0.396 e.